The Bertz CT molecular complexity index is 736. The lowest BCUT2D eigenvalue weighted by molar-refractivity contribution is -0.147. The number of benzene rings is 1. The van der Waals surface area contributed by atoms with E-state index < -0.39 is 5.97 Å². The number of hydrogen-bond donors (Lipinski definition) is 1. The minimum Gasteiger partial charge on any atom is -0.481 e. The second-order valence-electron chi connectivity index (χ2n) is 7.56. The van der Waals surface area contributed by atoms with Crippen LogP contribution >= 0.6 is 0 Å². The van der Waals surface area contributed by atoms with E-state index in [0.717, 1.165) is 25.9 Å². The van der Waals surface area contributed by atoms with Gasteiger partial charge in [0, 0.05) is 30.4 Å². The summed E-state index contributed by atoms with van der Waals surface area (Å²) in [5.74, 6) is -0.885. The van der Waals surface area contributed by atoms with Crippen molar-refractivity contribution < 1.29 is 9.90 Å². The molecule has 1 saturated heterocycles. The zero-order valence-corrected chi connectivity index (χ0v) is 14.5. The summed E-state index contributed by atoms with van der Waals surface area (Å²) in [6.07, 6.45) is 9.54. The molecule has 25 heavy (non-hydrogen) atoms. The summed E-state index contributed by atoms with van der Waals surface area (Å²) in [5, 5.41) is 13.9. The number of carboxylic acid groups (broad SMARTS) is 1. The van der Waals surface area contributed by atoms with Crippen molar-refractivity contribution in [2.45, 2.75) is 50.7 Å². The van der Waals surface area contributed by atoms with Crippen LogP contribution in [0.1, 0.15) is 43.2 Å². The molecule has 1 aromatic heterocycles. The molecular weight excluding hydrogens is 314 g/mol. The Hall–Kier alpha value is -2.14. The molecule has 2 fully saturated rings. The number of carboxylic acids is 1. The standard InChI is InChI=1S/C20H25N3O2/c24-19(25)18-7-10-20(8-4-9-20)22(15-18)12-17-11-21-23(14-17)13-16-5-2-1-3-6-16/h1-3,5-6,11,14,18H,4,7-10,12-13,15H2,(H,24,25). The molecule has 0 amide bonds. The van der Waals surface area contributed by atoms with E-state index >= 15 is 0 Å². The van der Waals surface area contributed by atoms with Gasteiger partial charge in [0.2, 0.25) is 0 Å². The van der Waals surface area contributed by atoms with E-state index in [9.17, 15) is 9.90 Å². The number of hydrogen-bond acceptors (Lipinski definition) is 3. The number of carbonyl (C=O) groups is 1. The van der Waals surface area contributed by atoms with Crippen molar-refractivity contribution in [3.63, 3.8) is 0 Å². The molecule has 4 rings (SSSR count). The van der Waals surface area contributed by atoms with Gasteiger partial charge >= 0.3 is 5.97 Å². The average molecular weight is 339 g/mol. The molecule has 1 spiro atoms. The Balaban J connectivity index is 1.45. The van der Waals surface area contributed by atoms with E-state index in [1.165, 1.54) is 30.4 Å². The van der Waals surface area contributed by atoms with Gasteiger partial charge in [-0.25, -0.2) is 0 Å². The number of aromatic nitrogens is 2. The molecule has 1 unspecified atom stereocenters. The maximum Gasteiger partial charge on any atom is 0.307 e. The van der Waals surface area contributed by atoms with Gasteiger partial charge in [-0.15, -0.1) is 0 Å². The highest BCUT2D eigenvalue weighted by Gasteiger charge is 2.47. The lowest BCUT2D eigenvalue weighted by atomic mass is 9.68. The van der Waals surface area contributed by atoms with Gasteiger partial charge in [-0.2, -0.15) is 5.10 Å². The van der Waals surface area contributed by atoms with Crippen molar-refractivity contribution in [3.05, 3.63) is 53.9 Å². The lowest BCUT2D eigenvalue weighted by Crippen LogP contribution is -2.58. The van der Waals surface area contributed by atoms with Gasteiger partial charge < -0.3 is 5.11 Å². The predicted octanol–water partition coefficient (Wildman–Crippen LogP) is 3.15. The second kappa shape index (κ2) is 6.64. The molecule has 1 saturated carbocycles. The third-order valence-corrected chi connectivity index (χ3v) is 5.95. The zero-order chi connectivity index (χ0) is 17.3. The van der Waals surface area contributed by atoms with Crippen molar-refractivity contribution in [1.29, 1.82) is 0 Å². The third-order valence-electron chi connectivity index (χ3n) is 5.95. The first-order valence-electron chi connectivity index (χ1n) is 9.18. The number of piperidine rings is 1. The number of rotatable bonds is 5. The van der Waals surface area contributed by atoms with Gasteiger partial charge in [-0.3, -0.25) is 14.4 Å². The minimum absolute atomic E-state index is 0.231. The molecule has 2 aliphatic rings. The van der Waals surface area contributed by atoms with Crippen LogP contribution in [0.4, 0.5) is 0 Å². The molecule has 0 radical (unpaired) electrons. The Morgan fingerprint density at radius 2 is 1.96 bits per heavy atom. The summed E-state index contributed by atoms with van der Waals surface area (Å²) in [5.41, 5.74) is 2.65. The Kier molecular flexibility index (Phi) is 4.34. The summed E-state index contributed by atoms with van der Waals surface area (Å²) in [7, 11) is 0. The second-order valence-corrected chi connectivity index (χ2v) is 7.56. The Morgan fingerprint density at radius 1 is 1.16 bits per heavy atom. The first-order valence-corrected chi connectivity index (χ1v) is 9.18. The molecule has 2 heterocycles. The largest absolute Gasteiger partial charge is 0.481 e. The molecular formula is C20H25N3O2. The lowest BCUT2D eigenvalue weighted by Gasteiger charge is -2.54. The van der Waals surface area contributed by atoms with Crippen molar-refractivity contribution >= 4 is 5.97 Å². The van der Waals surface area contributed by atoms with Crippen LogP contribution in [0.3, 0.4) is 0 Å². The molecule has 1 atom stereocenters. The van der Waals surface area contributed by atoms with Gasteiger partial charge in [0.1, 0.15) is 0 Å². The third kappa shape index (κ3) is 3.33. The normalized spacial score (nSPS) is 22.6. The Labute approximate surface area is 148 Å². The zero-order valence-electron chi connectivity index (χ0n) is 14.5. The van der Waals surface area contributed by atoms with E-state index in [0.29, 0.717) is 6.54 Å². The smallest absolute Gasteiger partial charge is 0.307 e. The van der Waals surface area contributed by atoms with Crippen LogP contribution in [0, 0.1) is 5.92 Å². The summed E-state index contributed by atoms with van der Waals surface area (Å²) >= 11 is 0. The number of aliphatic carboxylic acids is 1. The molecule has 0 bridgehead atoms. The summed E-state index contributed by atoms with van der Waals surface area (Å²) in [6, 6.07) is 10.3. The highest BCUT2D eigenvalue weighted by molar-refractivity contribution is 5.70. The van der Waals surface area contributed by atoms with Gasteiger partial charge in [-0.1, -0.05) is 30.3 Å². The first kappa shape index (κ1) is 16.3. The molecule has 5 heteroatoms. The minimum atomic E-state index is -0.654. The molecule has 1 aliphatic heterocycles. The average Bonchev–Trinajstić information content (AvgIpc) is 3.01. The number of likely N-dealkylation sites (tertiary alicyclic amines) is 1. The van der Waals surface area contributed by atoms with E-state index in [1.54, 1.807) is 0 Å². The maximum atomic E-state index is 11.4. The quantitative estimate of drug-likeness (QED) is 0.909. The first-order chi connectivity index (χ1) is 12.1. The van der Waals surface area contributed by atoms with Crippen LogP contribution in [0.15, 0.2) is 42.7 Å². The molecule has 1 N–H and O–H groups in total. The molecule has 2 aromatic rings. The van der Waals surface area contributed by atoms with E-state index in [-0.39, 0.29) is 11.5 Å². The Morgan fingerprint density at radius 3 is 2.64 bits per heavy atom. The van der Waals surface area contributed by atoms with E-state index in [2.05, 4.69) is 28.3 Å². The van der Waals surface area contributed by atoms with Crippen LogP contribution in [0.5, 0.6) is 0 Å². The van der Waals surface area contributed by atoms with Crippen LogP contribution < -0.4 is 0 Å². The van der Waals surface area contributed by atoms with Gasteiger partial charge in [0.05, 0.1) is 18.7 Å². The van der Waals surface area contributed by atoms with Crippen LogP contribution in [0.2, 0.25) is 0 Å². The summed E-state index contributed by atoms with van der Waals surface area (Å²) < 4.78 is 1.97. The molecule has 5 nitrogen and oxygen atoms in total. The fourth-order valence-corrected chi connectivity index (χ4v) is 4.30. The fraction of sp³-hybridized carbons (Fsp3) is 0.500. The van der Waals surface area contributed by atoms with Gasteiger partial charge in [0.25, 0.3) is 0 Å². The monoisotopic (exact) mass is 339 g/mol. The highest BCUT2D eigenvalue weighted by atomic mass is 16.4. The van der Waals surface area contributed by atoms with Crippen molar-refractivity contribution in [1.82, 2.24) is 14.7 Å². The van der Waals surface area contributed by atoms with Gasteiger partial charge in [-0.05, 0) is 37.7 Å². The maximum absolute atomic E-state index is 11.4. The number of nitrogens with zero attached hydrogens (tertiary/aromatic N) is 3. The van der Waals surface area contributed by atoms with E-state index in [1.807, 2.05) is 29.1 Å². The SMILES string of the molecule is O=C(O)C1CCC2(CCC2)N(Cc2cnn(Cc3ccccc3)c2)C1. The highest BCUT2D eigenvalue weighted by Crippen LogP contribution is 2.46. The van der Waals surface area contributed by atoms with Crippen molar-refractivity contribution in [2.24, 2.45) is 5.92 Å². The van der Waals surface area contributed by atoms with E-state index in [4.69, 9.17) is 0 Å². The van der Waals surface area contributed by atoms with Crippen molar-refractivity contribution in [3.8, 4) is 0 Å². The summed E-state index contributed by atoms with van der Waals surface area (Å²) in [6.45, 7) is 2.24. The van der Waals surface area contributed by atoms with Crippen molar-refractivity contribution in [2.75, 3.05) is 6.54 Å². The van der Waals surface area contributed by atoms with Crippen LogP contribution in [-0.2, 0) is 17.9 Å². The fourth-order valence-electron chi connectivity index (χ4n) is 4.30. The van der Waals surface area contributed by atoms with Crippen LogP contribution in [-0.4, -0.2) is 37.8 Å². The van der Waals surface area contributed by atoms with Gasteiger partial charge in [0.15, 0.2) is 0 Å². The van der Waals surface area contributed by atoms with Crippen LogP contribution in [0.25, 0.3) is 0 Å². The summed E-state index contributed by atoms with van der Waals surface area (Å²) in [4.78, 5) is 13.9. The molecule has 1 aromatic carbocycles. The molecule has 1 aliphatic carbocycles. The molecule has 132 valence electrons. The topological polar surface area (TPSA) is 58.4 Å². The predicted molar refractivity (Wildman–Crippen MR) is 95.1 cm³/mol.